The molecular weight excluding hydrogens is 590 g/mol. The first-order valence-electron chi connectivity index (χ1n) is 20.4. The zero-order valence-corrected chi connectivity index (χ0v) is 31.0. The SMILES string of the molecule is CCCCCCCCCCCCCCCCCCN(C(=O)NCCCCCCCCCCCCCC)[C@@H]1O[C@H](CO)[C@@H](O)[C@H](O)[C@@H]1N. The number of aliphatic hydroxyl groups excluding tert-OH is 3. The highest BCUT2D eigenvalue weighted by Gasteiger charge is 2.45. The highest BCUT2D eigenvalue weighted by molar-refractivity contribution is 5.74. The van der Waals surface area contributed by atoms with Crippen LogP contribution in [0.3, 0.4) is 0 Å². The van der Waals surface area contributed by atoms with Gasteiger partial charge in [-0.15, -0.1) is 0 Å². The van der Waals surface area contributed by atoms with Crippen LogP contribution in [0.25, 0.3) is 0 Å². The van der Waals surface area contributed by atoms with Crippen LogP contribution in [0.5, 0.6) is 0 Å². The molecule has 1 rings (SSSR count). The number of hydrogen-bond donors (Lipinski definition) is 5. The van der Waals surface area contributed by atoms with Gasteiger partial charge in [0.2, 0.25) is 0 Å². The molecule has 0 aromatic heterocycles. The molecule has 8 nitrogen and oxygen atoms in total. The number of carbonyl (C=O) groups excluding carboxylic acids is 1. The number of unbranched alkanes of at least 4 members (excludes halogenated alkanes) is 26. The fourth-order valence-corrected chi connectivity index (χ4v) is 6.84. The second-order valence-electron chi connectivity index (χ2n) is 14.4. The van der Waals surface area contributed by atoms with E-state index < -0.39 is 37.2 Å². The van der Waals surface area contributed by atoms with Gasteiger partial charge < -0.3 is 31.1 Å². The van der Waals surface area contributed by atoms with Crippen LogP contribution in [0, 0.1) is 0 Å². The largest absolute Gasteiger partial charge is 0.394 e. The number of aliphatic hydroxyl groups is 3. The van der Waals surface area contributed by atoms with Gasteiger partial charge in [0.1, 0.15) is 18.3 Å². The number of nitrogens with one attached hydrogen (secondary N) is 1. The molecule has 47 heavy (non-hydrogen) atoms. The Labute approximate surface area is 290 Å². The van der Waals surface area contributed by atoms with Crippen molar-refractivity contribution in [1.29, 1.82) is 0 Å². The van der Waals surface area contributed by atoms with Crippen molar-refractivity contribution in [2.75, 3.05) is 19.7 Å². The Bertz CT molecular complexity index is 698. The van der Waals surface area contributed by atoms with Crippen molar-refractivity contribution in [2.45, 2.75) is 224 Å². The number of amides is 2. The molecule has 0 unspecified atom stereocenters. The normalized spacial score (nSPS) is 21.3. The summed E-state index contributed by atoms with van der Waals surface area (Å²) in [6.45, 7) is 5.13. The number of nitrogens with zero attached hydrogens (tertiary/aromatic N) is 1. The molecule has 0 aromatic rings. The van der Waals surface area contributed by atoms with Crippen LogP contribution >= 0.6 is 0 Å². The monoisotopic (exact) mass is 670 g/mol. The molecule has 1 heterocycles. The smallest absolute Gasteiger partial charge is 0.319 e. The fourth-order valence-electron chi connectivity index (χ4n) is 6.84. The van der Waals surface area contributed by atoms with Crippen LogP contribution in [0.4, 0.5) is 4.79 Å². The third kappa shape index (κ3) is 21.7. The van der Waals surface area contributed by atoms with Gasteiger partial charge in [0, 0.05) is 13.1 Å². The third-order valence-electron chi connectivity index (χ3n) is 10.1. The zero-order chi connectivity index (χ0) is 34.4. The molecule has 2 amide bonds. The quantitative estimate of drug-likeness (QED) is 0.0456. The molecule has 0 bridgehead atoms. The lowest BCUT2D eigenvalue weighted by Gasteiger charge is -2.45. The van der Waals surface area contributed by atoms with Crippen LogP contribution in [0.1, 0.15) is 194 Å². The van der Waals surface area contributed by atoms with E-state index in [1.54, 1.807) is 4.90 Å². The Morgan fingerprint density at radius 1 is 0.596 bits per heavy atom. The molecular formula is C39H79N3O5. The minimum absolute atomic E-state index is 0.255. The van der Waals surface area contributed by atoms with E-state index in [9.17, 15) is 20.1 Å². The van der Waals surface area contributed by atoms with Crippen molar-refractivity contribution >= 4 is 6.03 Å². The van der Waals surface area contributed by atoms with Crippen LogP contribution in [0.2, 0.25) is 0 Å². The maximum absolute atomic E-state index is 13.3. The van der Waals surface area contributed by atoms with E-state index in [4.69, 9.17) is 10.5 Å². The molecule has 0 aliphatic carbocycles. The van der Waals surface area contributed by atoms with Gasteiger partial charge in [-0.3, -0.25) is 4.90 Å². The highest BCUT2D eigenvalue weighted by Crippen LogP contribution is 2.24. The molecule has 0 spiro atoms. The average Bonchev–Trinajstić information content (AvgIpc) is 3.07. The standard InChI is InChI=1S/C39H79N3O5/c1-3-5-7-9-11-13-15-17-18-19-20-22-24-26-28-30-32-42(38-35(40)37(45)36(44)34(33-43)47-38)39(46)41-31-29-27-25-23-21-16-14-12-10-8-6-4-2/h34-38,43-45H,3-33,40H2,1-2H3,(H,41,46)/t34-,35+,36-,37-,38-/m1/s1. The van der Waals surface area contributed by atoms with Crippen molar-refractivity contribution in [3.05, 3.63) is 0 Å². The van der Waals surface area contributed by atoms with Gasteiger partial charge in [0.05, 0.1) is 12.6 Å². The van der Waals surface area contributed by atoms with Crippen LogP contribution < -0.4 is 11.1 Å². The summed E-state index contributed by atoms with van der Waals surface area (Å²) < 4.78 is 5.89. The second kappa shape index (κ2) is 31.1. The molecule has 1 aliphatic heterocycles. The lowest BCUT2D eigenvalue weighted by molar-refractivity contribution is -0.218. The first kappa shape index (κ1) is 44.1. The Morgan fingerprint density at radius 2 is 0.957 bits per heavy atom. The topological polar surface area (TPSA) is 128 Å². The minimum Gasteiger partial charge on any atom is -0.394 e. The van der Waals surface area contributed by atoms with Crippen molar-refractivity contribution in [3.63, 3.8) is 0 Å². The molecule has 5 atom stereocenters. The summed E-state index contributed by atoms with van der Waals surface area (Å²) in [5, 5.41) is 33.6. The van der Waals surface area contributed by atoms with Gasteiger partial charge in [0.25, 0.3) is 0 Å². The van der Waals surface area contributed by atoms with Crippen molar-refractivity contribution in [3.8, 4) is 0 Å². The van der Waals surface area contributed by atoms with E-state index >= 15 is 0 Å². The van der Waals surface area contributed by atoms with Gasteiger partial charge in [-0.05, 0) is 12.8 Å². The van der Waals surface area contributed by atoms with E-state index in [-0.39, 0.29) is 6.03 Å². The van der Waals surface area contributed by atoms with E-state index in [1.807, 2.05) is 0 Å². The van der Waals surface area contributed by atoms with Crippen molar-refractivity contribution in [2.24, 2.45) is 5.73 Å². The predicted molar refractivity (Wildman–Crippen MR) is 196 cm³/mol. The number of ether oxygens (including phenoxy) is 1. The van der Waals surface area contributed by atoms with Crippen LogP contribution in [-0.4, -0.2) is 76.5 Å². The van der Waals surface area contributed by atoms with Gasteiger partial charge >= 0.3 is 6.03 Å². The molecule has 280 valence electrons. The molecule has 1 aliphatic rings. The fraction of sp³-hybridized carbons (Fsp3) is 0.974. The summed E-state index contributed by atoms with van der Waals surface area (Å²) in [5.41, 5.74) is 6.27. The zero-order valence-electron chi connectivity index (χ0n) is 31.0. The summed E-state index contributed by atoms with van der Waals surface area (Å²) >= 11 is 0. The van der Waals surface area contributed by atoms with E-state index in [1.165, 1.54) is 148 Å². The number of hydrogen-bond acceptors (Lipinski definition) is 6. The molecule has 1 fully saturated rings. The number of urea groups is 1. The maximum atomic E-state index is 13.3. The van der Waals surface area contributed by atoms with E-state index in [2.05, 4.69) is 19.2 Å². The van der Waals surface area contributed by atoms with E-state index in [0.717, 1.165) is 32.1 Å². The summed E-state index contributed by atoms with van der Waals surface area (Å²) in [7, 11) is 0. The van der Waals surface area contributed by atoms with Crippen molar-refractivity contribution < 1.29 is 24.9 Å². The predicted octanol–water partition coefficient (Wildman–Crippen LogP) is 8.73. The number of carbonyl (C=O) groups is 1. The summed E-state index contributed by atoms with van der Waals surface area (Å²) in [4.78, 5) is 14.9. The molecule has 0 aromatic carbocycles. The first-order chi connectivity index (χ1) is 23.0. The maximum Gasteiger partial charge on any atom is 0.319 e. The number of nitrogens with two attached hydrogens (primary N) is 1. The van der Waals surface area contributed by atoms with E-state index in [0.29, 0.717) is 13.1 Å². The molecule has 6 N–H and O–H groups in total. The Kier molecular flexibility index (Phi) is 29.2. The number of rotatable bonds is 32. The minimum atomic E-state index is -1.28. The Morgan fingerprint density at radius 3 is 1.34 bits per heavy atom. The summed E-state index contributed by atoms with van der Waals surface area (Å²) in [6.07, 6.45) is 31.3. The lowest BCUT2D eigenvalue weighted by Crippen LogP contribution is -2.67. The summed E-state index contributed by atoms with van der Waals surface area (Å²) in [6, 6.07) is -1.21. The molecule has 0 radical (unpaired) electrons. The average molecular weight is 670 g/mol. The summed E-state index contributed by atoms with van der Waals surface area (Å²) in [5.74, 6) is 0. The molecule has 8 heteroatoms. The van der Waals surface area contributed by atoms with Crippen molar-refractivity contribution in [1.82, 2.24) is 10.2 Å². The van der Waals surface area contributed by atoms with Gasteiger partial charge in [-0.1, -0.05) is 181 Å². The molecule has 0 saturated carbocycles. The Hall–Kier alpha value is -0.930. The Balaban J connectivity index is 2.30. The van der Waals surface area contributed by atoms with Crippen LogP contribution in [-0.2, 0) is 4.74 Å². The highest BCUT2D eigenvalue weighted by atomic mass is 16.5. The van der Waals surface area contributed by atoms with Gasteiger partial charge in [-0.25, -0.2) is 4.79 Å². The van der Waals surface area contributed by atoms with Gasteiger partial charge in [-0.2, -0.15) is 0 Å². The first-order valence-corrected chi connectivity index (χ1v) is 20.4. The van der Waals surface area contributed by atoms with Gasteiger partial charge in [0.15, 0.2) is 6.23 Å². The van der Waals surface area contributed by atoms with Crippen LogP contribution in [0.15, 0.2) is 0 Å². The third-order valence-corrected chi connectivity index (χ3v) is 10.1. The second-order valence-corrected chi connectivity index (χ2v) is 14.4. The molecule has 1 saturated heterocycles. The lowest BCUT2D eigenvalue weighted by atomic mass is 9.96.